The summed E-state index contributed by atoms with van der Waals surface area (Å²) in [5, 5.41) is 3.11. The summed E-state index contributed by atoms with van der Waals surface area (Å²) in [5.74, 6) is -0.242. The number of carbonyl (C=O) groups is 3. The number of rotatable bonds is 6. The third kappa shape index (κ3) is 5.58. The first-order valence-corrected chi connectivity index (χ1v) is 11.7. The Balaban J connectivity index is 1.45. The number of urea groups is 1. The minimum atomic E-state index is -0.412. The van der Waals surface area contributed by atoms with Crippen molar-refractivity contribution in [1.82, 2.24) is 15.1 Å². The van der Waals surface area contributed by atoms with Crippen LogP contribution in [-0.2, 0) is 4.79 Å². The molecule has 3 amide bonds. The molecule has 2 aliphatic rings. The summed E-state index contributed by atoms with van der Waals surface area (Å²) < 4.78 is 14.4. The molecule has 0 aromatic heterocycles. The Morgan fingerprint density at radius 3 is 2.16 bits per heavy atom. The zero-order chi connectivity index (χ0) is 23.3. The lowest BCUT2D eigenvalue weighted by Gasteiger charge is -2.38. The summed E-state index contributed by atoms with van der Waals surface area (Å²) in [5.41, 5.74) is 0.821. The first-order valence-electron chi connectivity index (χ1n) is 11.7. The number of carbonyl (C=O) groups excluding carboxylic acids is 3. The molecule has 0 bridgehead atoms. The Morgan fingerprint density at radius 1 is 1.00 bits per heavy atom. The molecule has 0 saturated carbocycles. The van der Waals surface area contributed by atoms with Crippen LogP contribution in [0.5, 0.6) is 0 Å². The highest BCUT2D eigenvalue weighted by molar-refractivity contribution is 5.94. The number of piperazine rings is 1. The average Bonchev–Trinajstić information content (AvgIpc) is 2.80. The van der Waals surface area contributed by atoms with Gasteiger partial charge >= 0.3 is 6.03 Å². The van der Waals surface area contributed by atoms with E-state index in [1.54, 1.807) is 17.0 Å². The second-order valence-electron chi connectivity index (χ2n) is 8.76. The van der Waals surface area contributed by atoms with Crippen LogP contribution in [0.2, 0.25) is 0 Å². The van der Waals surface area contributed by atoms with Crippen molar-refractivity contribution in [3.8, 4) is 0 Å². The van der Waals surface area contributed by atoms with Crippen molar-refractivity contribution in [3.63, 3.8) is 0 Å². The number of nitrogens with one attached hydrogen (secondary N) is 1. The first-order chi connectivity index (χ1) is 15.3. The summed E-state index contributed by atoms with van der Waals surface area (Å²) in [7, 11) is 0. The van der Waals surface area contributed by atoms with Crippen molar-refractivity contribution < 1.29 is 18.8 Å². The molecule has 3 rings (SSSR count). The SMILES string of the molecule is CCC(CC)C(=O)N1CCC(NC(=O)N2CCN(c3ccc(C(C)=O)cc3F)CC2)CC1. The summed E-state index contributed by atoms with van der Waals surface area (Å²) in [4.78, 5) is 42.3. The van der Waals surface area contributed by atoms with E-state index < -0.39 is 5.82 Å². The van der Waals surface area contributed by atoms with Gasteiger partial charge < -0.3 is 20.0 Å². The van der Waals surface area contributed by atoms with Crippen molar-refractivity contribution in [1.29, 1.82) is 0 Å². The van der Waals surface area contributed by atoms with Crippen molar-refractivity contribution in [2.45, 2.75) is 52.5 Å². The highest BCUT2D eigenvalue weighted by Crippen LogP contribution is 2.23. The van der Waals surface area contributed by atoms with Crippen LogP contribution in [0.1, 0.15) is 56.8 Å². The van der Waals surface area contributed by atoms with Crippen molar-refractivity contribution in [3.05, 3.63) is 29.6 Å². The lowest BCUT2D eigenvalue weighted by Crippen LogP contribution is -2.55. The average molecular weight is 447 g/mol. The number of amides is 3. The predicted molar refractivity (Wildman–Crippen MR) is 122 cm³/mol. The number of benzene rings is 1. The van der Waals surface area contributed by atoms with Gasteiger partial charge in [0.2, 0.25) is 5.91 Å². The van der Waals surface area contributed by atoms with E-state index in [-0.39, 0.29) is 29.7 Å². The van der Waals surface area contributed by atoms with Crippen molar-refractivity contribution in [2.24, 2.45) is 5.92 Å². The van der Waals surface area contributed by atoms with E-state index in [1.165, 1.54) is 13.0 Å². The Hall–Kier alpha value is -2.64. The molecule has 0 atom stereocenters. The molecule has 1 aromatic carbocycles. The van der Waals surface area contributed by atoms with Crippen LogP contribution in [0, 0.1) is 11.7 Å². The quantitative estimate of drug-likeness (QED) is 0.681. The van der Waals surface area contributed by atoms with Gasteiger partial charge in [0.15, 0.2) is 5.78 Å². The minimum absolute atomic E-state index is 0.0721. The van der Waals surface area contributed by atoms with Crippen molar-refractivity contribution in [2.75, 3.05) is 44.2 Å². The van der Waals surface area contributed by atoms with Crippen LogP contribution in [0.4, 0.5) is 14.9 Å². The number of hydrogen-bond donors (Lipinski definition) is 1. The number of halogens is 1. The van der Waals surface area contributed by atoms with E-state index in [9.17, 15) is 18.8 Å². The zero-order valence-electron chi connectivity index (χ0n) is 19.4. The maximum absolute atomic E-state index is 14.4. The van der Waals surface area contributed by atoms with E-state index in [1.807, 2.05) is 23.6 Å². The predicted octanol–water partition coefficient (Wildman–Crippen LogP) is 3.29. The molecular formula is C24H35FN4O3. The van der Waals surface area contributed by atoms with Gasteiger partial charge in [-0.25, -0.2) is 9.18 Å². The fourth-order valence-electron chi connectivity index (χ4n) is 4.54. The highest BCUT2D eigenvalue weighted by Gasteiger charge is 2.29. The number of piperidine rings is 1. The van der Waals surface area contributed by atoms with Crippen LogP contribution in [-0.4, -0.2) is 72.8 Å². The van der Waals surface area contributed by atoms with E-state index in [2.05, 4.69) is 5.32 Å². The summed E-state index contributed by atoms with van der Waals surface area (Å²) in [6.45, 7) is 8.96. The molecular weight excluding hydrogens is 411 g/mol. The van der Waals surface area contributed by atoms with Gasteiger partial charge in [0.05, 0.1) is 5.69 Å². The van der Waals surface area contributed by atoms with Gasteiger partial charge in [-0.3, -0.25) is 9.59 Å². The monoisotopic (exact) mass is 446 g/mol. The molecule has 2 saturated heterocycles. The smallest absolute Gasteiger partial charge is 0.317 e. The number of hydrogen-bond acceptors (Lipinski definition) is 4. The fourth-order valence-corrected chi connectivity index (χ4v) is 4.54. The van der Waals surface area contributed by atoms with Crippen LogP contribution < -0.4 is 10.2 Å². The molecule has 7 nitrogen and oxygen atoms in total. The Morgan fingerprint density at radius 2 is 1.62 bits per heavy atom. The second-order valence-corrected chi connectivity index (χ2v) is 8.76. The van der Waals surface area contributed by atoms with Gasteiger partial charge in [0.25, 0.3) is 0 Å². The second kappa shape index (κ2) is 10.8. The summed E-state index contributed by atoms with van der Waals surface area (Å²) in [6.07, 6.45) is 3.27. The van der Waals surface area contributed by atoms with Crippen LogP contribution in [0.15, 0.2) is 18.2 Å². The highest BCUT2D eigenvalue weighted by atomic mass is 19.1. The third-order valence-electron chi connectivity index (χ3n) is 6.73. The number of likely N-dealkylation sites (tertiary alicyclic amines) is 1. The first kappa shape index (κ1) is 24.0. The maximum atomic E-state index is 14.4. The largest absolute Gasteiger partial charge is 0.366 e. The molecule has 2 fully saturated rings. The topological polar surface area (TPSA) is 73.0 Å². The molecule has 0 spiro atoms. The summed E-state index contributed by atoms with van der Waals surface area (Å²) >= 11 is 0. The lowest BCUT2D eigenvalue weighted by molar-refractivity contribution is -0.136. The van der Waals surface area contributed by atoms with Crippen molar-refractivity contribution >= 4 is 23.4 Å². The molecule has 32 heavy (non-hydrogen) atoms. The molecule has 176 valence electrons. The molecule has 2 aliphatic heterocycles. The van der Waals surface area contributed by atoms with Gasteiger partial charge in [0.1, 0.15) is 5.82 Å². The lowest BCUT2D eigenvalue weighted by atomic mass is 9.98. The fraction of sp³-hybridized carbons (Fsp3) is 0.625. The van der Waals surface area contributed by atoms with E-state index in [0.29, 0.717) is 50.5 Å². The summed E-state index contributed by atoms with van der Waals surface area (Å²) in [6, 6.07) is 4.53. The van der Waals surface area contributed by atoms with Crippen LogP contribution in [0.3, 0.4) is 0 Å². The third-order valence-corrected chi connectivity index (χ3v) is 6.73. The van der Waals surface area contributed by atoms with E-state index in [0.717, 1.165) is 25.7 Å². The molecule has 0 radical (unpaired) electrons. The standard InChI is InChI=1S/C24H35FN4O3/c1-4-18(5-2)23(31)28-10-8-20(9-11-28)26-24(32)29-14-12-27(13-15-29)22-7-6-19(17(3)30)16-21(22)25/h6-7,16,18,20H,4-5,8-15H2,1-3H3,(H,26,32). The van der Waals surface area contributed by atoms with Gasteiger partial charge in [-0.15, -0.1) is 0 Å². The maximum Gasteiger partial charge on any atom is 0.317 e. The van der Waals surface area contributed by atoms with E-state index in [4.69, 9.17) is 0 Å². The molecule has 1 aromatic rings. The van der Waals surface area contributed by atoms with E-state index >= 15 is 0 Å². The molecule has 0 aliphatic carbocycles. The normalized spacial score (nSPS) is 17.6. The Kier molecular flexibility index (Phi) is 8.10. The molecule has 1 N–H and O–H groups in total. The molecule has 8 heteroatoms. The number of ketones is 1. The van der Waals surface area contributed by atoms with Gasteiger partial charge in [0, 0.05) is 56.8 Å². The molecule has 0 unspecified atom stereocenters. The van der Waals surface area contributed by atoms with Crippen LogP contribution >= 0.6 is 0 Å². The van der Waals surface area contributed by atoms with Crippen LogP contribution in [0.25, 0.3) is 0 Å². The molecule has 2 heterocycles. The number of nitrogens with zero attached hydrogens (tertiary/aromatic N) is 3. The van der Waals surface area contributed by atoms with Gasteiger partial charge in [-0.2, -0.15) is 0 Å². The van der Waals surface area contributed by atoms with Gasteiger partial charge in [-0.1, -0.05) is 13.8 Å². The zero-order valence-corrected chi connectivity index (χ0v) is 19.4. The number of Topliss-reactive ketones (excluding diaryl/α,β-unsaturated/α-hetero) is 1. The number of anilines is 1. The Labute approximate surface area is 189 Å². The van der Waals surface area contributed by atoms with Gasteiger partial charge in [-0.05, 0) is 50.8 Å². The Bertz CT molecular complexity index is 827. The minimum Gasteiger partial charge on any atom is -0.366 e.